The van der Waals surface area contributed by atoms with E-state index in [1.165, 1.54) is 30.1 Å². The molecule has 0 radical (unpaired) electrons. The van der Waals surface area contributed by atoms with E-state index in [1.807, 2.05) is 0 Å². The molecule has 0 spiro atoms. The van der Waals surface area contributed by atoms with Gasteiger partial charge >= 0.3 is 0 Å². The van der Waals surface area contributed by atoms with Crippen LogP contribution >= 0.6 is 0 Å². The van der Waals surface area contributed by atoms with Crippen LogP contribution in [0.2, 0.25) is 0 Å². The molecular weight excluding hydrogens is 406 g/mol. The van der Waals surface area contributed by atoms with Crippen LogP contribution in [0.5, 0.6) is 0 Å². The van der Waals surface area contributed by atoms with Crippen molar-refractivity contribution in [2.75, 3.05) is 23.3 Å². The lowest BCUT2D eigenvalue weighted by atomic mass is 10.0. The summed E-state index contributed by atoms with van der Waals surface area (Å²) >= 11 is 0. The normalized spacial score (nSPS) is 15.0. The summed E-state index contributed by atoms with van der Waals surface area (Å²) in [6, 6.07) is 2.60. The standard InChI is InChI=1S/C18H17F4N7O/c1-9(30)25-14-5-12-11(6-24-14)16(28-7-10(8-28)15(19)20)27-29(12)17-23-4-3-13(26-17)18(2,21)22/h3-6,10,15H,7-8H2,1-2H3,(H,24,25,30). The van der Waals surface area contributed by atoms with Crippen molar-refractivity contribution in [3.63, 3.8) is 0 Å². The highest BCUT2D eigenvalue weighted by molar-refractivity contribution is 5.95. The highest BCUT2D eigenvalue weighted by Gasteiger charge is 2.36. The van der Waals surface area contributed by atoms with Crippen LogP contribution in [0.4, 0.5) is 29.2 Å². The van der Waals surface area contributed by atoms with E-state index in [1.54, 1.807) is 4.90 Å². The average molecular weight is 423 g/mol. The van der Waals surface area contributed by atoms with Crippen LogP contribution in [0.15, 0.2) is 24.5 Å². The minimum Gasteiger partial charge on any atom is -0.353 e. The molecule has 30 heavy (non-hydrogen) atoms. The fourth-order valence-corrected chi connectivity index (χ4v) is 3.17. The maximum absolute atomic E-state index is 13.7. The van der Waals surface area contributed by atoms with Gasteiger partial charge in [-0.3, -0.25) is 4.79 Å². The smallest absolute Gasteiger partial charge is 0.287 e. The molecule has 3 aromatic rings. The van der Waals surface area contributed by atoms with Crippen molar-refractivity contribution in [3.05, 3.63) is 30.2 Å². The van der Waals surface area contributed by atoms with Gasteiger partial charge in [-0.15, -0.1) is 5.10 Å². The van der Waals surface area contributed by atoms with E-state index < -0.39 is 24.0 Å². The Morgan fingerprint density at radius 3 is 2.67 bits per heavy atom. The highest BCUT2D eigenvalue weighted by atomic mass is 19.3. The van der Waals surface area contributed by atoms with E-state index in [0.717, 1.165) is 13.0 Å². The van der Waals surface area contributed by atoms with Crippen molar-refractivity contribution in [3.8, 4) is 5.95 Å². The minimum absolute atomic E-state index is 0.102. The van der Waals surface area contributed by atoms with Gasteiger partial charge in [0.25, 0.3) is 11.9 Å². The maximum atomic E-state index is 13.7. The molecule has 8 nitrogen and oxygen atoms in total. The molecule has 0 saturated carbocycles. The summed E-state index contributed by atoms with van der Waals surface area (Å²) in [5.74, 6) is -3.84. The fraction of sp³-hybridized carbons (Fsp3) is 0.389. The van der Waals surface area contributed by atoms with Gasteiger partial charge in [-0.2, -0.15) is 13.5 Å². The molecule has 1 saturated heterocycles. The number of aromatic nitrogens is 5. The molecule has 4 heterocycles. The summed E-state index contributed by atoms with van der Waals surface area (Å²) in [5, 5.41) is 7.42. The Balaban J connectivity index is 1.82. The Morgan fingerprint density at radius 1 is 1.30 bits per heavy atom. The molecule has 3 aromatic heterocycles. The predicted molar refractivity (Wildman–Crippen MR) is 100 cm³/mol. The van der Waals surface area contributed by atoms with Crippen molar-refractivity contribution >= 4 is 28.4 Å². The summed E-state index contributed by atoms with van der Waals surface area (Å²) in [6.45, 7) is 2.24. The van der Waals surface area contributed by atoms with Crippen LogP contribution < -0.4 is 10.2 Å². The molecule has 1 N–H and O–H groups in total. The number of carbonyl (C=O) groups excluding carboxylic acids is 1. The van der Waals surface area contributed by atoms with E-state index in [4.69, 9.17) is 0 Å². The van der Waals surface area contributed by atoms with Crippen LogP contribution in [-0.4, -0.2) is 50.2 Å². The lowest BCUT2D eigenvalue weighted by molar-refractivity contribution is -0.114. The van der Waals surface area contributed by atoms with Crippen LogP contribution in [-0.2, 0) is 10.7 Å². The van der Waals surface area contributed by atoms with E-state index in [-0.39, 0.29) is 30.8 Å². The van der Waals surface area contributed by atoms with Crippen LogP contribution in [0, 0.1) is 5.92 Å². The molecular formula is C18H17F4N7O. The zero-order valence-corrected chi connectivity index (χ0v) is 16.0. The van der Waals surface area contributed by atoms with E-state index in [0.29, 0.717) is 16.7 Å². The number of anilines is 2. The Morgan fingerprint density at radius 2 is 2.03 bits per heavy atom. The maximum Gasteiger partial charge on any atom is 0.287 e. The van der Waals surface area contributed by atoms with Gasteiger partial charge in [0.15, 0.2) is 5.82 Å². The van der Waals surface area contributed by atoms with Gasteiger partial charge < -0.3 is 10.2 Å². The Kier molecular flexibility index (Phi) is 4.79. The fourth-order valence-electron chi connectivity index (χ4n) is 3.17. The van der Waals surface area contributed by atoms with Crippen LogP contribution in [0.1, 0.15) is 19.5 Å². The molecule has 1 amide bonds. The van der Waals surface area contributed by atoms with E-state index in [2.05, 4.69) is 25.4 Å². The number of nitrogens with one attached hydrogen (secondary N) is 1. The summed E-state index contributed by atoms with van der Waals surface area (Å²) in [7, 11) is 0. The Bertz CT molecular complexity index is 1110. The highest BCUT2D eigenvalue weighted by Crippen LogP contribution is 2.34. The molecule has 0 aromatic carbocycles. The SMILES string of the molecule is CC(=O)Nc1cc2c(cn1)c(N1CC(C(F)F)C1)nn2-c1nccc(C(C)(F)F)n1. The molecule has 0 atom stereocenters. The number of rotatable bonds is 5. The molecule has 0 aliphatic carbocycles. The summed E-state index contributed by atoms with van der Waals surface area (Å²) < 4.78 is 54.5. The van der Waals surface area contributed by atoms with Gasteiger partial charge in [0, 0.05) is 45.4 Å². The number of carbonyl (C=O) groups is 1. The molecule has 12 heteroatoms. The quantitative estimate of drug-likeness (QED) is 0.635. The first-order valence-corrected chi connectivity index (χ1v) is 9.04. The van der Waals surface area contributed by atoms with Crippen molar-refractivity contribution in [1.82, 2.24) is 24.7 Å². The van der Waals surface area contributed by atoms with Crippen molar-refractivity contribution in [2.45, 2.75) is 26.2 Å². The molecule has 0 unspecified atom stereocenters. The first-order valence-electron chi connectivity index (χ1n) is 9.04. The molecule has 1 aliphatic rings. The van der Waals surface area contributed by atoms with Gasteiger partial charge in [0.2, 0.25) is 12.3 Å². The van der Waals surface area contributed by atoms with Gasteiger partial charge in [-0.25, -0.2) is 23.7 Å². The van der Waals surface area contributed by atoms with Gasteiger partial charge in [-0.05, 0) is 6.07 Å². The molecule has 4 rings (SSSR count). The number of hydrogen-bond acceptors (Lipinski definition) is 6. The first kappa shape index (κ1) is 20.0. The number of nitrogens with zero attached hydrogens (tertiary/aromatic N) is 6. The van der Waals surface area contributed by atoms with Crippen LogP contribution in [0.3, 0.4) is 0 Å². The third-order valence-electron chi connectivity index (χ3n) is 4.70. The number of pyridine rings is 1. The van der Waals surface area contributed by atoms with Crippen LogP contribution in [0.25, 0.3) is 16.9 Å². The lowest BCUT2D eigenvalue weighted by Gasteiger charge is -2.39. The predicted octanol–water partition coefficient (Wildman–Crippen LogP) is 2.98. The molecule has 158 valence electrons. The lowest BCUT2D eigenvalue weighted by Crippen LogP contribution is -2.50. The van der Waals surface area contributed by atoms with Gasteiger partial charge in [0.05, 0.1) is 16.8 Å². The number of fused-ring (bicyclic) bond motifs is 1. The van der Waals surface area contributed by atoms with Crippen molar-refractivity contribution < 1.29 is 22.4 Å². The Labute approximate surface area is 167 Å². The third-order valence-corrected chi connectivity index (χ3v) is 4.70. The molecule has 1 fully saturated rings. The average Bonchev–Trinajstić information content (AvgIpc) is 2.98. The van der Waals surface area contributed by atoms with Gasteiger partial charge in [-0.1, -0.05) is 0 Å². The summed E-state index contributed by atoms with van der Waals surface area (Å²) in [5.41, 5.74) is -0.101. The topological polar surface area (TPSA) is 88.8 Å². The zero-order chi connectivity index (χ0) is 21.6. The summed E-state index contributed by atoms with van der Waals surface area (Å²) in [6.07, 6.45) is 0.188. The number of alkyl halides is 4. The second-order valence-electron chi connectivity index (χ2n) is 7.13. The number of halogens is 4. The minimum atomic E-state index is -3.19. The van der Waals surface area contributed by atoms with E-state index in [9.17, 15) is 22.4 Å². The van der Waals surface area contributed by atoms with Gasteiger partial charge in [0.1, 0.15) is 11.5 Å². The zero-order valence-electron chi connectivity index (χ0n) is 16.0. The van der Waals surface area contributed by atoms with Crippen molar-refractivity contribution in [1.29, 1.82) is 0 Å². The number of amides is 1. The summed E-state index contributed by atoms with van der Waals surface area (Å²) in [4.78, 5) is 25.1. The van der Waals surface area contributed by atoms with E-state index >= 15 is 0 Å². The largest absolute Gasteiger partial charge is 0.353 e. The molecule has 1 aliphatic heterocycles. The Hall–Kier alpha value is -3.31. The monoisotopic (exact) mass is 423 g/mol. The van der Waals surface area contributed by atoms with Crippen molar-refractivity contribution in [2.24, 2.45) is 5.92 Å². The second kappa shape index (κ2) is 7.18. The first-order chi connectivity index (χ1) is 14.1. The molecule has 0 bridgehead atoms. The third kappa shape index (κ3) is 3.64. The second-order valence-corrected chi connectivity index (χ2v) is 7.13. The number of hydrogen-bond donors (Lipinski definition) is 1.